The van der Waals surface area contributed by atoms with Gasteiger partial charge < -0.3 is 13.7 Å². The number of ether oxygens (including phenoxy) is 1. The molecule has 0 saturated carbocycles. The standard InChI is InChI=1S/C19H17N3O6S/c1-12-17(18(22-28-12)14-5-3-2-4-6-14)19-21-20-15(27-19)10-26-16(23)9-13-7-8-29(24,25)11-13/h2-8,13H,9-11H2,1H3/t13-/m1/s1. The Bertz CT molecular complexity index is 1160. The summed E-state index contributed by atoms with van der Waals surface area (Å²) in [4.78, 5) is 11.9. The predicted molar refractivity (Wildman–Crippen MR) is 101 cm³/mol. The van der Waals surface area contributed by atoms with Crippen LogP contribution < -0.4 is 0 Å². The van der Waals surface area contributed by atoms with E-state index in [2.05, 4.69) is 15.4 Å². The SMILES string of the molecule is Cc1onc(-c2ccccc2)c1-c1nnc(COC(=O)C[C@H]2C=CS(=O)(=O)C2)o1. The minimum atomic E-state index is -3.21. The lowest BCUT2D eigenvalue weighted by Gasteiger charge is -2.05. The molecule has 1 aliphatic rings. The first-order valence-corrected chi connectivity index (χ1v) is 10.5. The van der Waals surface area contributed by atoms with Gasteiger partial charge in [0.1, 0.15) is 17.0 Å². The van der Waals surface area contributed by atoms with Gasteiger partial charge in [-0.3, -0.25) is 4.79 Å². The fourth-order valence-corrected chi connectivity index (χ4v) is 4.41. The van der Waals surface area contributed by atoms with E-state index in [1.807, 2.05) is 30.3 Å². The number of aromatic nitrogens is 3. The van der Waals surface area contributed by atoms with E-state index in [1.54, 1.807) is 6.92 Å². The summed E-state index contributed by atoms with van der Waals surface area (Å²) < 4.78 is 38.8. The Hall–Kier alpha value is -3.27. The second-order valence-electron chi connectivity index (χ2n) is 6.61. The van der Waals surface area contributed by atoms with Crippen LogP contribution in [0.25, 0.3) is 22.7 Å². The lowest BCUT2D eigenvalue weighted by atomic mass is 10.1. The Labute approximate surface area is 166 Å². The number of rotatable bonds is 6. The van der Waals surface area contributed by atoms with Crippen molar-refractivity contribution >= 4 is 15.8 Å². The normalized spacial score (nSPS) is 17.5. The predicted octanol–water partition coefficient (Wildman–Crippen LogP) is 2.69. The third-order valence-corrected chi connectivity index (χ3v) is 5.85. The number of benzene rings is 1. The average Bonchev–Trinajstić information content (AvgIpc) is 3.39. The summed E-state index contributed by atoms with van der Waals surface area (Å²) in [5.41, 5.74) is 1.98. The molecule has 1 aliphatic heterocycles. The van der Waals surface area contributed by atoms with Crippen LogP contribution in [-0.2, 0) is 26.0 Å². The maximum absolute atomic E-state index is 11.9. The van der Waals surface area contributed by atoms with Gasteiger partial charge in [0.05, 0.1) is 12.2 Å². The van der Waals surface area contributed by atoms with Crippen molar-refractivity contribution in [3.05, 3.63) is 53.5 Å². The monoisotopic (exact) mass is 415 g/mol. The van der Waals surface area contributed by atoms with E-state index < -0.39 is 15.8 Å². The minimum absolute atomic E-state index is 0.0281. The number of carbonyl (C=O) groups excluding carboxylic acids is 1. The lowest BCUT2D eigenvalue weighted by molar-refractivity contribution is -0.146. The Morgan fingerprint density at radius 1 is 1.24 bits per heavy atom. The molecule has 1 aromatic carbocycles. The first-order valence-electron chi connectivity index (χ1n) is 8.82. The molecule has 4 rings (SSSR count). The molecule has 10 heteroatoms. The van der Waals surface area contributed by atoms with Crippen molar-refractivity contribution in [2.24, 2.45) is 5.92 Å². The Morgan fingerprint density at radius 3 is 2.76 bits per heavy atom. The zero-order valence-corrected chi connectivity index (χ0v) is 16.3. The summed E-state index contributed by atoms with van der Waals surface area (Å²) in [5, 5.41) is 13.1. The van der Waals surface area contributed by atoms with E-state index in [-0.39, 0.29) is 36.5 Å². The topological polar surface area (TPSA) is 125 Å². The summed E-state index contributed by atoms with van der Waals surface area (Å²) in [6, 6.07) is 9.43. The number of hydrogen-bond donors (Lipinski definition) is 0. The van der Waals surface area contributed by atoms with E-state index in [4.69, 9.17) is 13.7 Å². The number of carbonyl (C=O) groups is 1. The van der Waals surface area contributed by atoms with Gasteiger partial charge >= 0.3 is 5.97 Å². The molecule has 0 spiro atoms. The lowest BCUT2D eigenvalue weighted by Crippen LogP contribution is -2.13. The zero-order chi connectivity index (χ0) is 20.4. The zero-order valence-electron chi connectivity index (χ0n) is 15.4. The van der Waals surface area contributed by atoms with Gasteiger partial charge in [-0.15, -0.1) is 10.2 Å². The second kappa shape index (κ2) is 7.63. The summed E-state index contributed by atoms with van der Waals surface area (Å²) in [6.45, 7) is 1.53. The molecule has 29 heavy (non-hydrogen) atoms. The molecule has 0 radical (unpaired) electrons. The van der Waals surface area contributed by atoms with Gasteiger partial charge in [0.15, 0.2) is 16.4 Å². The fourth-order valence-electron chi connectivity index (χ4n) is 3.01. The average molecular weight is 415 g/mol. The van der Waals surface area contributed by atoms with Crippen LogP contribution in [-0.4, -0.2) is 35.5 Å². The molecule has 0 amide bonds. The highest BCUT2D eigenvalue weighted by molar-refractivity contribution is 7.94. The molecule has 2 aromatic heterocycles. The first kappa shape index (κ1) is 19.1. The van der Waals surface area contributed by atoms with Crippen LogP contribution in [0.1, 0.15) is 18.1 Å². The van der Waals surface area contributed by atoms with E-state index >= 15 is 0 Å². The minimum Gasteiger partial charge on any atom is -0.456 e. The quantitative estimate of drug-likeness (QED) is 0.558. The molecular formula is C19H17N3O6S. The van der Waals surface area contributed by atoms with E-state index in [0.717, 1.165) is 11.0 Å². The van der Waals surface area contributed by atoms with E-state index in [9.17, 15) is 13.2 Å². The molecular weight excluding hydrogens is 398 g/mol. The van der Waals surface area contributed by atoms with Crippen LogP contribution in [0.4, 0.5) is 0 Å². The molecule has 0 bridgehead atoms. The maximum Gasteiger partial charge on any atom is 0.306 e. The van der Waals surface area contributed by atoms with Crippen LogP contribution in [0.5, 0.6) is 0 Å². The molecule has 0 saturated heterocycles. The number of allylic oxidation sites excluding steroid dienone is 1. The largest absolute Gasteiger partial charge is 0.456 e. The number of hydrogen-bond acceptors (Lipinski definition) is 9. The Morgan fingerprint density at radius 2 is 2.03 bits per heavy atom. The van der Waals surface area contributed by atoms with Gasteiger partial charge in [-0.2, -0.15) is 0 Å². The van der Waals surface area contributed by atoms with Crippen molar-refractivity contribution in [3.63, 3.8) is 0 Å². The fraction of sp³-hybridized carbons (Fsp3) is 0.263. The van der Waals surface area contributed by atoms with Crippen LogP contribution in [0, 0.1) is 12.8 Å². The third kappa shape index (κ3) is 4.27. The molecule has 3 heterocycles. The molecule has 0 aliphatic carbocycles. The van der Waals surface area contributed by atoms with E-state index in [1.165, 1.54) is 6.08 Å². The van der Waals surface area contributed by atoms with Crippen molar-refractivity contribution in [2.45, 2.75) is 20.0 Å². The summed E-state index contributed by atoms with van der Waals surface area (Å²) in [7, 11) is -3.21. The number of esters is 1. The summed E-state index contributed by atoms with van der Waals surface area (Å²) in [6.07, 6.45) is 1.47. The Kier molecular flexibility index (Phi) is 5.01. The van der Waals surface area contributed by atoms with E-state index in [0.29, 0.717) is 17.0 Å². The van der Waals surface area contributed by atoms with Crippen molar-refractivity contribution in [1.29, 1.82) is 0 Å². The van der Waals surface area contributed by atoms with Crippen molar-refractivity contribution in [3.8, 4) is 22.7 Å². The van der Waals surface area contributed by atoms with Gasteiger partial charge in [0.2, 0.25) is 0 Å². The third-order valence-electron chi connectivity index (χ3n) is 4.38. The summed E-state index contributed by atoms with van der Waals surface area (Å²) >= 11 is 0. The molecule has 0 N–H and O–H groups in total. The van der Waals surface area contributed by atoms with Gasteiger partial charge in [0.25, 0.3) is 11.8 Å². The van der Waals surface area contributed by atoms with Gasteiger partial charge in [-0.1, -0.05) is 41.6 Å². The number of aryl methyl sites for hydroxylation is 1. The highest BCUT2D eigenvalue weighted by Gasteiger charge is 2.25. The molecule has 0 fully saturated rings. The van der Waals surface area contributed by atoms with Crippen molar-refractivity contribution in [2.75, 3.05) is 5.75 Å². The van der Waals surface area contributed by atoms with Crippen LogP contribution in [0.2, 0.25) is 0 Å². The van der Waals surface area contributed by atoms with Crippen molar-refractivity contribution < 1.29 is 26.9 Å². The highest BCUT2D eigenvalue weighted by Crippen LogP contribution is 2.33. The van der Waals surface area contributed by atoms with Gasteiger partial charge in [0, 0.05) is 16.9 Å². The molecule has 0 unspecified atom stereocenters. The van der Waals surface area contributed by atoms with Crippen LogP contribution in [0.3, 0.4) is 0 Å². The Balaban J connectivity index is 1.43. The molecule has 3 aromatic rings. The summed E-state index contributed by atoms with van der Waals surface area (Å²) in [5.74, 6) is -0.158. The highest BCUT2D eigenvalue weighted by atomic mass is 32.2. The van der Waals surface area contributed by atoms with Gasteiger partial charge in [-0.05, 0) is 6.92 Å². The molecule has 9 nitrogen and oxygen atoms in total. The smallest absolute Gasteiger partial charge is 0.306 e. The van der Waals surface area contributed by atoms with Crippen LogP contribution >= 0.6 is 0 Å². The number of nitrogens with zero attached hydrogens (tertiary/aromatic N) is 3. The first-order chi connectivity index (χ1) is 13.9. The maximum atomic E-state index is 11.9. The van der Waals surface area contributed by atoms with Crippen LogP contribution in [0.15, 0.2) is 50.8 Å². The number of sulfone groups is 1. The molecule has 150 valence electrons. The molecule has 1 atom stereocenters. The van der Waals surface area contributed by atoms with Crippen molar-refractivity contribution in [1.82, 2.24) is 15.4 Å². The second-order valence-corrected chi connectivity index (χ2v) is 8.54. The van der Waals surface area contributed by atoms with Gasteiger partial charge in [-0.25, -0.2) is 8.42 Å².